The molecule has 0 radical (unpaired) electrons. The van der Waals surface area contributed by atoms with E-state index in [2.05, 4.69) is 29.2 Å². The van der Waals surface area contributed by atoms with Crippen LogP contribution in [0.3, 0.4) is 0 Å². The van der Waals surface area contributed by atoms with Crippen LogP contribution in [-0.4, -0.2) is 4.92 Å². The van der Waals surface area contributed by atoms with E-state index in [1.54, 1.807) is 12.1 Å². The van der Waals surface area contributed by atoms with Crippen LogP contribution in [0.4, 0.5) is 5.69 Å². The Bertz CT molecular complexity index is 379. The number of nitro benzene ring substituents is 1. The molecule has 14 heavy (non-hydrogen) atoms. The van der Waals surface area contributed by atoms with Gasteiger partial charge in [0.15, 0.2) is 0 Å². The standard InChI is InChI=1S/C9H9IN2O2/c1-2-9(11)7-5-6(12(13)14)3-4-8(7)10/h2-5,9H,1,11H2. The van der Waals surface area contributed by atoms with Gasteiger partial charge in [0.05, 0.1) is 4.92 Å². The quantitative estimate of drug-likeness (QED) is 0.403. The smallest absolute Gasteiger partial charge is 0.269 e. The van der Waals surface area contributed by atoms with Crippen molar-refractivity contribution in [3.05, 3.63) is 50.1 Å². The zero-order valence-corrected chi connectivity index (χ0v) is 9.47. The SMILES string of the molecule is C=CC(N)c1cc([N+](=O)[O-])ccc1I. The third kappa shape index (κ3) is 2.30. The summed E-state index contributed by atoms with van der Waals surface area (Å²) >= 11 is 2.09. The summed E-state index contributed by atoms with van der Waals surface area (Å²) in [6.45, 7) is 3.55. The van der Waals surface area contributed by atoms with Crippen LogP contribution < -0.4 is 5.73 Å². The van der Waals surface area contributed by atoms with Gasteiger partial charge in [0.25, 0.3) is 5.69 Å². The lowest BCUT2D eigenvalue weighted by molar-refractivity contribution is -0.384. The lowest BCUT2D eigenvalue weighted by Crippen LogP contribution is -2.08. The van der Waals surface area contributed by atoms with Gasteiger partial charge in [-0.3, -0.25) is 10.1 Å². The fourth-order valence-electron chi connectivity index (χ4n) is 1.03. The van der Waals surface area contributed by atoms with Crippen LogP contribution in [0.1, 0.15) is 11.6 Å². The Morgan fingerprint density at radius 2 is 2.29 bits per heavy atom. The van der Waals surface area contributed by atoms with Gasteiger partial charge in [0.2, 0.25) is 0 Å². The molecule has 1 aromatic carbocycles. The molecular weight excluding hydrogens is 295 g/mol. The molecule has 0 saturated carbocycles. The maximum Gasteiger partial charge on any atom is 0.269 e. The first-order chi connectivity index (χ1) is 6.56. The van der Waals surface area contributed by atoms with Gasteiger partial charge in [-0.25, -0.2) is 0 Å². The molecule has 0 aromatic heterocycles. The highest BCUT2D eigenvalue weighted by Crippen LogP contribution is 2.24. The van der Waals surface area contributed by atoms with E-state index in [0.717, 1.165) is 9.13 Å². The van der Waals surface area contributed by atoms with E-state index >= 15 is 0 Å². The van der Waals surface area contributed by atoms with Crippen molar-refractivity contribution in [3.63, 3.8) is 0 Å². The monoisotopic (exact) mass is 304 g/mol. The molecule has 2 N–H and O–H groups in total. The van der Waals surface area contributed by atoms with Crippen molar-refractivity contribution < 1.29 is 4.92 Å². The summed E-state index contributed by atoms with van der Waals surface area (Å²) in [6.07, 6.45) is 1.56. The fourth-order valence-corrected chi connectivity index (χ4v) is 1.72. The van der Waals surface area contributed by atoms with Crippen molar-refractivity contribution in [2.24, 2.45) is 5.73 Å². The largest absolute Gasteiger partial charge is 0.321 e. The fraction of sp³-hybridized carbons (Fsp3) is 0.111. The Morgan fingerprint density at radius 3 is 2.79 bits per heavy atom. The van der Waals surface area contributed by atoms with Gasteiger partial charge in [0, 0.05) is 21.7 Å². The molecule has 4 nitrogen and oxygen atoms in total. The molecule has 1 unspecified atom stereocenters. The number of hydrogen-bond acceptors (Lipinski definition) is 3. The summed E-state index contributed by atoms with van der Waals surface area (Å²) in [5.74, 6) is 0. The summed E-state index contributed by atoms with van der Waals surface area (Å²) in [5, 5.41) is 10.5. The second-order valence-corrected chi connectivity index (χ2v) is 3.89. The predicted molar refractivity (Wildman–Crippen MR) is 62.9 cm³/mol. The molecule has 5 heteroatoms. The molecule has 0 aliphatic rings. The normalized spacial score (nSPS) is 12.1. The minimum absolute atomic E-state index is 0.0534. The van der Waals surface area contributed by atoms with Gasteiger partial charge >= 0.3 is 0 Å². The van der Waals surface area contributed by atoms with Crippen LogP contribution in [0.15, 0.2) is 30.9 Å². The molecule has 0 aliphatic carbocycles. The Balaban J connectivity index is 3.20. The number of nitro groups is 1. The minimum Gasteiger partial charge on any atom is -0.321 e. The highest BCUT2D eigenvalue weighted by molar-refractivity contribution is 14.1. The van der Waals surface area contributed by atoms with Crippen LogP contribution in [0.2, 0.25) is 0 Å². The summed E-state index contributed by atoms with van der Waals surface area (Å²) in [6, 6.07) is 4.26. The number of non-ortho nitro benzene ring substituents is 1. The maximum atomic E-state index is 10.5. The molecule has 0 aliphatic heterocycles. The van der Waals surface area contributed by atoms with Gasteiger partial charge in [-0.1, -0.05) is 6.08 Å². The van der Waals surface area contributed by atoms with Gasteiger partial charge < -0.3 is 5.73 Å². The molecular formula is C9H9IN2O2. The Hall–Kier alpha value is -0.950. The zero-order chi connectivity index (χ0) is 10.7. The molecule has 0 bridgehead atoms. The second-order valence-electron chi connectivity index (χ2n) is 2.72. The van der Waals surface area contributed by atoms with Crippen LogP contribution >= 0.6 is 22.6 Å². The predicted octanol–water partition coefficient (Wildman–Crippen LogP) is 2.39. The van der Waals surface area contributed by atoms with Gasteiger partial charge in [-0.2, -0.15) is 0 Å². The van der Waals surface area contributed by atoms with Crippen LogP contribution in [-0.2, 0) is 0 Å². The van der Waals surface area contributed by atoms with Crippen molar-refractivity contribution in [2.75, 3.05) is 0 Å². The topological polar surface area (TPSA) is 69.2 Å². The van der Waals surface area contributed by atoms with Crippen molar-refractivity contribution in [1.29, 1.82) is 0 Å². The number of rotatable bonds is 3. The second kappa shape index (κ2) is 4.52. The first-order valence-electron chi connectivity index (χ1n) is 3.88. The van der Waals surface area contributed by atoms with E-state index < -0.39 is 4.92 Å². The molecule has 0 amide bonds. The van der Waals surface area contributed by atoms with Gasteiger partial charge in [-0.15, -0.1) is 6.58 Å². The van der Waals surface area contributed by atoms with E-state index in [1.165, 1.54) is 12.1 Å². The summed E-state index contributed by atoms with van der Waals surface area (Å²) in [5.41, 5.74) is 6.50. The molecule has 0 fully saturated rings. The van der Waals surface area contributed by atoms with Crippen molar-refractivity contribution in [3.8, 4) is 0 Å². The minimum atomic E-state index is -0.435. The lowest BCUT2D eigenvalue weighted by Gasteiger charge is -2.08. The third-order valence-electron chi connectivity index (χ3n) is 1.80. The first kappa shape index (κ1) is 11.1. The zero-order valence-electron chi connectivity index (χ0n) is 7.31. The number of nitrogens with two attached hydrogens (primary N) is 1. The molecule has 1 atom stereocenters. The van der Waals surface area contributed by atoms with Crippen molar-refractivity contribution in [2.45, 2.75) is 6.04 Å². The Labute approximate surface area is 95.1 Å². The van der Waals surface area contributed by atoms with E-state index in [9.17, 15) is 10.1 Å². The van der Waals surface area contributed by atoms with Crippen LogP contribution in [0, 0.1) is 13.7 Å². The highest BCUT2D eigenvalue weighted by Gasteiger charge is 2.12. The van der Waals surface area contributed by atoms with Crippen molar-refractivity contribution >= 4 is 28.3 Å². The van der Waals surface area contributed by atoms with E-state index in [0.29, 0.717) is 0 Å². The number of nitrogens with zero attached hydrogens (tertiary/aromatic N) is 1. The van der Waals surface area contributed by atoms with E-state index in [4.69, 9.17) is 5.73 Å². The molecule has 0 saturated heterocycles. The van der Waals surface area contributed by atoms with E-state index in [-0.39, 0.29) is 11.7 Å². The summed E-state index contributed by atoms with van der Waals surface area (Å²) in [4.78, 5) is 10.1. The number of hydrogen-bond donors (Lipinski definition) is 1. The van der Waals surface area contributed by atoms with Crippen LogP contribution in [0.25, 0.3) is 0 Å². The van der Waals surface area contributed by atoms with Gasteiger partial charge in [0.1, 0.15) is 0 Å². The average molecular weight is 304 g/mol. The van der Waals surface area contributed by atoms with Crippen molar-refractivity contribution in [1.82, 2.24) is 0 Å². The average Bonchev–Trinajstić information content (AvgIpc) is 2.17. The molecule has 0 spiro atoms. The third-order valence-corrected chi connectivity index (χ3v) is 2.79. The molecule has 0 heterocycles. The summed E-state index contributed by atoms with van der Waals surface area (Å²) < 4.78 is 0.903. The summed E-state index contributed by atoms with van der Waals surface area (Å²) in [7, 11) is 0. The lowest BCUT2D eigenvalue weighted by atomic mass is 10.1. The molecule has 1 rings (SSSR count). The Morgan fingerprint density at radius 1 is 1.64 bits per heavy atom. The molecule has 74 valence electrons. The maximum absolute atomic E-state index is 10.5. The van der Waals surface area contributed by atoms with Crippen LogP contribution in [0.5, 0.6) is 0 Å². The number of benzene rings is 1. The van der Waals surface area contributed by atoms with Gasteiger partial charge in [-0.05, 0) is 34.2 Å². The Kier molecular flexibility index (Phi) is 3.59. The highest BCUT2D eigenvalue weighted by atomic mass is 127. The first-order valence-corrected chi connectivity index (χ1v) is 4.96. The molecule has 1 aromatic rings. The van der Waals surface area contributed by atoms with E-state index in [1.807, 2.05) is 0 Å². The number of halogens is 1.